The summed E-state index contributed by atoms with van der Waals surface area (Å²) in [5.74, 6) is 0.934. The van der Waals surface area contributed by atoms with Crippen molar-refractivity contribution in [3.63, 3.8) is 0 Å². The number of nitrogens with one attached hydrogen (secondary N) is 1. The van der Waals surface area contributed by atoms with Crippen molar-refractivity contribution in [1.82, 2.24) is 24.2 Å². The number of aromatic nitrogens is 4. The van der Waals surface area contributed by atoms with E-state index in [0.717, 1.165) is 36.0 Å². The number of rotatable bonds is 3. The van der Waals surface area contributed by atoms with Crippen molar-refractivity contribution in [1.29, 1.82) is 0 Å². The summed E-state index contributed by atoms with van der Waals surface area (Å²) >= 11 is 0. The second kappa shape index (κ2) is 7.00. The van der Waals surface area contributed by atoms with E-state index >= 15 is 0 Å². The minimum atomic E-state index is -4.62. The number of amides is 2. The summed E-state index contributed by atoms with van der Waals surface area (Å²) in [6.45, 7) is 2.93. The first-order valence-corrected chi connectivity index (χ1v) is 8.48. The predicted octanol–water partition coefficient (Wildman–Crippen LogP) is 3.07. The van der Waals surface area contributed by atoms with Crippen molar-refractivity contribution in [3.8, 4) is 0 Å². The Balaban J connectivity index is 1.73. The average Bonchev–Trinajstić information content (AvgIpc) is 3.20. The maximum absolute atomic E-state index is 13.0. The molecule has 1 aliphatic heterocycles. The lowest BCUT2D eigenvalue weighted by Crippen LogP contribution is -2.43. The van der Waals surface area contributed by atoms with Gasteiger partial charge in [0.05, 0.1) is 11.7 Å². The second-order valence-electron chi connectivity index (χ2n) is 6.34. The fourth-order valence-corrected chi connectivity index (χ4v) is 3.30. The number of carbonyl (C=O) groups excluding carboxylic acids is 1. The van der Waals surface area contributed by atoms with Crippen LogP contribution in [0.15, 0.2) is 18.6 Å². The number of carbonyl (C=O) groups is 1. The number of anilines is 1. The van der Waals surface area contributed by atoms with Gasteiger partial charge in [0.25, 0.3) is 0 Å². The molecule has 1 fully saturated rings. The predicted molar refractivity (Wildman–Crippen MR) is 88.7 cm³/mol. The van der Waals surface area contributed by atoms with Crippen LogP contribution in [0.2, 0.25) is 0 Å². The Morgan fingerprint density at radius 3 is 2.88 bits per heavy atom. The summed E-state index contributed by atoms with van der Waals surface area (Å²) in [6, 6.07) is -0.478. The van der Waals surface area contributed by atoms with Crippen LogP contribution in [0.4, 0.5) is 23.7 Å². The number of imidazole rings is 1. The zero-order valence-electron chi connectivity index (χ0n) is 14.6. The molecule has 2 aromatic heterocycles. The second-order valence-corrected chi connectivity index (χ2v) is 6.34. The third-order valence-corrected chi connectivity index (χ3v) is 4.48. The van der Waals surface area contributed by atoms with Crippen molar-refractivity contribution in [2.75, 3.05) is 18.4 Å². The van der Waals surface area contributed by atoms with E-state index in [1.54, 1.807) is 11.1 Å². The maximum atomic E-state index is 13.0. The van der Waals surface area contributed by atoms with Crippen molar-refractivity contribution in [2.24, 2.45) is 7.05 Å². The van der Waals surface area contributed by atoms with Crippen LogP contribution < -0.4 is 5.32 Å². The summed E-state index contributed by atoms with van der Waals surface area (Å²) in [4.78, 5) is 18.4. The molecule has 0 aromatic carbocycles. The molecule has 26 heavy (non-hydrogen) atoms. The molecule has 1 unspecified atom stereocenters. The van der Waals surface area contributed by atoms with Crippen LogP contribution in [-0.4, -0.2) is 43.4 Å². The minimum absolute atomic E-state index is 0.0722. The normalized spacial score (nSPS) is 18.2. The molecule has 1 N–H and O–H groups in total. The molecule has 2 aromatic rings. The van der Waals surface area contributed by atoms with Crippen molar-refractivity contribution in [2.45, 2.75) is 38.4 Å². The van der Waals surface area contributed by atoms with Crippen molar-refractivity contribution >= 4 is 11.7 Å². The van der Waals surface area contributed by atoms with Crippen molar-refractivity contribution < 1.29 is 18.0 Å². The Kier molecular flexibility index (Phi) is 4.92. The lowest BCUT2D eigenvalue weighted by Gasteiger charge is -2.34. The van der Waals surface area contributed by atoms with Gasteiger partial charge in [-0.2, -0.15) is 18.3 Å². The zero-order valence-corrected chi connectivity index (χ0v) is 14.6. The quantitative estimate of drug-likeness (QED) is 0.903. The fraction of sp³-hybridized carbons (Fsp3) is 0.562. The first-order valence-electron chi connectivity index (χ1n) is 8.48. The number of hydrogen-bond acceptors (Lipinski definition) is 3. The lowest BCUT2D eigenvalue weighted by atomic mass is 10.1. The molecule has 0 saturated carbocycles. The van der Waals surface area contributed by atoms with Crippen LogP contribution in [0, 0.1) is 0 Å². The first kappa shape index (κ1) is 18.3. The molecule has 7 nitrogen and oxygen atoms in total. The molecule has 3 heterocycles. The molecule has 0 spiro atoms. The van der Waals surface area contributed by atoms with Crippen molar-refractivity contribution in [3.05, 3.63) is 30.1 Å². The molecular weight excluding hydrogens is 349 g/mol. The number of urea groups is 1. The van der Waals surface area contributed by atoms with Gasteiger partial charge in [0, 0.05) is 45.1 Å². The minimum Gasteiger partial charge on any atom is -0.330 e. The Bertz CT molecular complexity index is 781. The third-order valence-electron chi connectivity index (χ3n) is 4.48. The standard InChI is InChI=1S/C16H21F3N6O/c1-3-13-20-6-8-25(13)11-5-4-7-24(9-11)15(26)21-12-10-23(2)22-14(12)16(17,18)19/h6,8,10-11H,3-5,7,9H2,1-2H3,(H,21,26). The van der Waals surface area contributed by atoms with Crippen LogP contribution >= 0.6 is 0 Å². The molecule has 1 aliphatic rings. The first-order chi connectivity index (χ1) is 12.3. The molecule has 1 atom stereocenters. The Labute approximate surface area is 148 Å². The smallest absolute Gasteiger partial charge is 0.330 e. The van der Waals surface area contributed by atoms with Gasteiger partial charge in [-0.1, -0.05) is 6.92 Å². The number of nitrogens with zero attached hydrogens (tertiary/aromatic N) is 5. The molecule has 0 bridgehead atoms. The largest absolute Gasteiger partial charge is 0.437 e. The Morgan fingerprint density at radius 1 is 1.42 bits per heavy atom. The number of piperidine rings is 1. The van der Waals surface area contributed by atoms with Gasteiger partial charge in [-0.25, -0.2) is 9.78 Å². The Hall–Kier alpha value is -2.52. The maximum Gasteiger partial charge on any atom is 0.437 e. The van der Waals surface area contributed by atoms with E-state index in [9.17, 15) is 18.0 Å². The van der Waals surface area contributed by atoms with Gasteiger partial charge < -0.3 is 14.8 Å². The van der Waals surface area contributed by atoms with Crippen LogP contribution in [0.3, 0.4) is 0 Å². The molecule has 0 radical (unpaired) electrons. The number of alkyl halides is 3. The van der Waals surface area contributed by atoms with Gasteiger partial charge in [-0.3, -0.25) is 4.68 Å². The van der Waals surface area contributed by atoms with E-state index in [4.69, 9.17) is 0 Å². The van der Waals surface area contributed by atoms with Gasteiger partial charge >= 0.3 is 12.2 Å². The van der Waals surface area contributed by atoms with E-state index in [1.165, 1.54) is 7.05 Å². The summed E-state index contributed by atoms with van der Waals surface area (Å²) in [6.07, 6.45) is 2.60. The summed E-state index contributed by atoms with van der Waals surface area (Å²) < 4.78 is 42.2. The van der Waals surface area contributed by atoms with Crippen LogP contribution in [0.5, 0.6) is 0 Å². The van der Waals surface area contributed by atoms with Gasteiger partial charge in [-0.15, -0.1) is 0 Å². The number of hydrogen-bond donors (Lipinski definition) is 1. The summed E-state index contributed by atoms with van der Waals surface area (Å²) in [5.41, 5.74) is -1.42. The SMILES string of the molecule is CCc1nccn1C1CCCN(C(=O)Nc2cn(C)nc2C(F)(F)F)C1. The highest BCUT2D eigenvalue weighted by Gasteiger charge is 2.38. The number of likely N-dealkylation sites (tertiary alicyclic amines) is 1. The zero-order chi connectivity index (χ0) is 18.9. The molecule has 0 aliphatic carbocycles. The molecule has 3 rings (SSSR count). The number of halogens is 3. The molecule has 10 heteroatoms. The molecule has 2 amide bonds. The average molecular weight is 370 g/mol. The van der Waals surface area contributed by atoms with Gasteiger partial charge in [0.2, 0.25) is 0 Å². The van der Waals surface area contributed by atoms with Crippen LogP contribution in [0.25, 0.3) is 0 Å². The van der Waals surface area contributed by atoms with Crippen LogP contribution in [0.1, 0.15) is 37.3 Å². The fourth-order valence-electron chi connectivity index (χ4n) is 3.30. The summed E-state index contributed by atoms with van der Waals surface area (Å²) in [5, 5.41) is 5.77. The molecular formula is C16H21F3N6O. The van der Waals surface area contributed by atoms with Gasteiger partial charge in [-0.05, 0) is 12.8 Å². The number of aryl methyl sites for hydroxylation is 2. The highest BCUT2D eigenvalue weighted by atomic mass is 19.4. The monoisotopic (exact) mass is 370 g/mol. The third kappa shape index (κ3) is 3.68. The topological polar surface area (TPSA) is 68.0 Å². The van der Waals surface area contributed by atoms with E-state index in [-0.39, 0.29) is 11.7 Å². The van der Waals surface area contributed by atoms with Gasteiger partial charge in [0.1, 0.15) is 5.82 Å². The molecule has 142 valence electrons. The summed E-state index contributed by atoms with van der Waals surface area (Å²) in [7, 11) is 1.38. The van der Waals surface area contributed by atoms with E-state index in [1.807, 2.05) is 17.7 Å². The van der Waals surface area contributed by atoms with Gasteiger partial charge in [0.15, 0.2) is 5.69 Å². The lowest BCUT2D eigenvalue weighted by molar-refractivity contribution is -0.140. The van der Waals surface area contributed by atoms with E-state index < -0.39 is 17.9 Å². The van der Waals surface area contributed by atoms with E-state index in [0.29, 0.717) is 13.1 Å². The highest BCUT2D eigenvalue weighted by Crippen LogP contribution is 2.33. The van der Waals surface area contributed by atoms with E-state index in [2.05, 4.69) is 15.4 Å². The Morgan fingerprint density at radius 2 is 2.19 bits per heavy atom. The highest BCUT2D eigenvalue weighted by molar-refractivity contribution is 5.90. The van der Waals surface area contributed by atoms with Crippen LogP contribution in [-0.2, 0) is 19.6 Å². The molecule has 1 saturated heterocycles.